The number of benzene rings is 2. The lowest BCUT2D eigenvalue weighted by Gasteiger charge is -2.28. The van der Waals surface area contributed by atoms with Gasteiger partial charge in [0.1, 0.15) is 0 Å². The summed E-state index contributed by atoms with van der Waals surface area (Å²) in [4.78, 5) is 14.4. The molecule has 174 valence electrons. The molecule has 0 atom stereocenters. The Morgan fingerprint density at radius 2 is 1.78 bits per heavy atom. The summed E-state index contributed by atoms with van der Waals surface area (Å²) < 4.78 is 57.1. The number of ether oxygens (including phenoxy) is 1. The van der Waals surface area contributed by atoms with Crippen molar-refractivity contribution in [2.45, 2.75) is 19.4 Å². The minimum Gasteiger partial charge on any atom is -0.378 e. The molecule has 1 N–H and O–H groups in total. The summed E-state index contributed by atoms with van der Waals surface area (Å²) >= 11 is 0. The first-order valence-corrected chi connectivity index (χ1v) is 12.2. The number of hydrogen-bond acceptors (Lipinski definition) is 5. The Kier molecular flexibility index (Phi) is 8.03. The third-order valence-electron chi connectivity index (χ3n) is 5.16. The summed E-state index contributed by atoms with van der Waals surface area (Å²) in [5, 5.41) is 2.82. The zero-order chi connectivity index (χ0) is 23.1. The van der Waals surface area contributed by atoms with Crippen molar-refractivity contribution in [3.63, 3.8) is 0 Å². The Morgan fingerprint density at radius 1 is 1.09 bits per heavy atom. The van der Waals surface area contributed by atoms with Crippen molar-refractivity contribution in [3.8, 4) is 0 Å². The van der Waals surface area contributed by atoms with Gasteiger partial charge in [0.2, 0.25) is 15.9 Å². The molecule has 1 fully saturated rings. The fraction of sp³-hybridized carbons (Fsp3) is 0.409. The molecule has 0 aromatic heterocycles. The molecule has 10 heteroatoms. The van der Waals surface area contributed by atoms with Crippen LogP contribution in [0.3, 0.4) is 0 Å². The van der Waals surface area contributed by atoms with Gasteiger partial charge in [0.05, 0.1) is 25.2 Å². The number of anilines is 2. The zero-order valence-corrected chi connectivity index (χ0v) is 18.7. The highest BCUT2D eigenvalue weighted by molar-refractivity contribution is 7.92. The van der Waals surface area contributed by atoms with Crippen LogP contribution in [0.15, 0.2) is 42.5 Å². The highest BCUT2D eigenvalue weighted by Crippen LogP contribution is 2.21. The van der Waals surface area contributed by atoms with E-state index in [2.05, 4.69) is 10.2 Å². The molecule has 1 heterocycles. The summed E-state index contributed by atoms with van der Waals surface area (Å²) in [6.45, 7) is 3.47. The van der Waals surface area contributed by atoms with E-state index in [-0.39, 0.29) is 31.0 Å². The summed E-state index contributed by atoms with van der Waals surface area (Å²) in [6.07, 6.45) is 1.31. The van der Waals surface area contributed by atoms with Crippen LogP contribution in [-0.4, -0.2) is 53.4 Å². The van der Waals surface area contributed by atoms with Gasteiger partial charge in [-0.25, -0.2) is 17.2 Å². The summed E-state index contributed by atoms with van der Waals surface area (Å²) in [6, 6.07) is 10.8. The predicted molar refractivity (Wildman–Crippen MR) is 119 cm³/mol. The highest BCUT2D eigenvalue weighted by Gasteiger charge is 2.19. The Balaban J connectivity index is 1.47. The molecule has 1 saturated heterocycles. The first-order chi connectivity index (χ1) is 15.2. The van der Waals surface area contributed by atoms with Crippen LogP contribution in [0.5, 0.6) is 0 Å². The number of carbonyl (C=O) groups is 1. The molecule has 1 aliphatic heterocycles. The molecule has 1 amide bonds. The van der Waals surface area contributed by atoms with Gasteiger partial charge in [-0.1, -0.05) is 12.1 Å². The van der Waals surface area contributed by atoms with E-state index in [9.17, 15) is 22.0 Å². The van der Waals surface area contributed by atoms with Crippen molar-refractivity contribution in [1.29, 1.82) is 0 Å². The first-order valence-electron chi connectivity index (χ1n) is 10.3. The smallest absolute Gasteiger partial charge is 0.232 e. The molecule has 3 rings (SSSR count). The average molecular weight is 468 g/mol. The number of nitrogens with one attached hydrogen (secondary N) is 1. The van der Waals surface area contributed by atoms with Gasteiger partial charge in [-0.05, 0) is 36.2 Å². The monoisotopic (exact) mass is 467 g/mol. The number of carbonyl (C=O) groups excluding carboxylic acids is 1. The minimum atomic E-state index is -3.71. The lowest BCUT2D eigenvalue weighted by Crippen LogP contribution is -2.36. The van der Waals surface area contributed by atoms with E-state index in [1.807, 2.05) is 24.3 Å². The van der Waals surface area contributed by atoms with Gasteiger partial charge in [-0.15, -0.1) is 0 Å². The predicted octanol–water partition coefficient (Wildman–Crippen LogP) is 2.66. The highest BCUT2D eigenvalue weighted by atomic mass is 32.2. The van der Waals surface area contributed by atoms with E-state index < -0.39 is 21.7 Å². The quantitative estimate of drug-likeness (QED) is 0.614. The molecule has 0 unspecified atom stereocenters. The van der Waals surface area contributed by atoms with E-state index in [0.29, 0.717) is 19.8 Å². The number of morpholine rings is 1. The second kappa shape index (κ2) is 10.7. The SMILES string of the molecule is CS(=O)(=O)N(CCCC(=O)NCc1ccc(N2CCOCC2)cc1)c1ccc(F)c(F)c1. The lowest BCUT2D eigenvalue weighted by molar-refractivity contribution is -0.121. The molecule has 32 heavy (non-hydrogen) atoms. The fourth-order valence-corrected chi connectivity index (χ4v) is 4.40. The number of nitrogens with zero attached hydrogens (tertiary/aromatic N) is 2. The Hall–Kier alpha value is -2.72. The molecule has 7 nitrogen and oxygen atoms in total. The maximum Gasteiger partial charge on any atom is 0.232 e. The molecule has 0 aliphatic carbocycles. The number of sulfonamides is 1. The standard InChI is InChI=1S/C22H27F2N3O4S/c1-32(29,30)27(19-8-9-20(23)21(24)15-19)10-2-3-22(28)25-16-17-4-6-18(7-5-17)26-11-13-31-14-12-26/h4-9,15H,2-3,10-14,16H2,1H3,(H,25,28). The molecular weight excluding hydrogens is 440 g/mol. The van der Waals surface area contributed by atoms with Gasteiger partial charge in [0, 0.05) is 44.4 Å². The van der Waals surface area contributed by atoms with E-state index in [4.69, 9.17) is 4.74 Å². The van der Waals surface area contributed by atoms with Crippen molar-refractivity contribution in [2.75, 3.05) is 48.3 Å². The molecular formula is C22H27F2N3O4S. The van der Waals surface area contributed by atoms with Gasteiger partial charge in [-0.3, -0.25) is 9.10 Å². The second-order valence-electron chi connectivity index (χ2n) is 7.58. The lowest BCUT2D eigenvalue weighted by atomic mass is 10.2. The van der Waals surface area contributed by atoms with Gasteiger partial charge in [0.15, 0.2) is 11.6 Å². The number of hydrogen-bond donors (Lipinski definition) is 1. The van der Waals surface area contributed by atoms with E-state index in [1.54, 1.807) is 0 Å². The normalized spacial score (nSPS) is 14.3. The third kappa shape index (κ3) is 6.64. The zero-order valence-electron chi connectivity index (χ0n) is 17.9. The Bertz CT molecular complexity index is 1030. The molecule has 2 aromatic carbocycles. The summed E-state index contributed by atoms with van der Waals surface area (Å²) in [5.74, 6) is -2.41. The minimum absolute atomic E-state index is 0.0205. The molecule has 0 bridgehead atoms. The van der Waals surface area contributed by atoms with Crippen LogP contribution in [0.2, 0.25) is 0 Å². The van der Waals surface area contributed by atoms with Gasteiger partial charge in [-0.2, -0.15) is 0 Å². The number of rotatable bonds is 9. The van der Waals surface area contributed by atoms with Gasteiger partial charge < -0.3 is 15.0 Å². The third-order valence-corrected chi connectivity index (χ3v) is 6.35. The maximum atomic E-state index is 13.5. The van der Waals surface area contributed by atoms with E-state index in [1.165, 1.54) is 6.07 Å². The van der Waals surface area contributed by atoms with Crippen LogP contribution in [0.1, 0.15) is 18.4 Å². The van der Waals surface area contributed by atoms with Crippen LogP contribution in [0.25, 0.3) is 0 Å². The van der Waals surface area contributed by atoms with Crippen LogP contribution < -0.4 is 14.5 Å². The maximum absolute atomic E-state index is 13.5. The number of halogens is 2. The van der Waals surface area contributed by atoms with Crippen molar-refractivity contribution >= 4 is 27.3 Å². The molecule has 2 aromatic rings. The van der Waals surface area contributed by atoms with E-state index >= 15 is 0 Å². The topological polar surface area (TPSA) is 79.0 Å². The van der Waals surface area contributed by atoms with Crippen molar-refractivity contribution in [3.05, 3.63) is 59.7 Å². The fourth-order valence-electron chi connectivity index (χ4n) is 3.44. The van der Waals surface area contributed by atoms with Crippen molar-refractivity contribution in [2.24, 2.45) is 0 Å². The Labute approximate surface area is 187 Å². The van der Waals surface area contributed by atoms with Crippen LogP contribution >= 0.6 is 0 Å². The number of amides is 1. The van der Waals surface area contributed by atoms with Gasteiger partial charge >= 0.3 is 0 Å². The van der Waals surface area contributed by atoms with Gasteiger partial charge in [0.25, 0.3) is 0 Å². The van der Waals surface area contributed by atoms with Crippen LogP contribution in [0.4, 0.5) is 20.2 Å². The summed E-state index contributed by atoms with van der Waals surface area (Å²) in [5.41, 5.74) is 2.09. The summed E-state index contributed by atoms with van der Waals surface area (Å²) in [7, 11) is -3.71. The molecule has 1 aliphatic rings. The largest absolute Gasteiger partial charge is 0.378 e. The van der Waals surface area contributed by atoms with E-state index in [0.717, 1.165) is 47.0 Å². The first kappa shape index (κ1) is 23.9. The second-order valence-corrected chi connectivity index (χ2v) is 9.49. The molecule has 0 radical (unpaired) electrons. The van der Waals surface area contributed by atoms with Crippen molar-refractivity contribution in [1.82, 2.24) is 5.32 Å². The molecule has 0 saturated carbocycles. The van der Waals surface area contributed by atoms with Crippen molar-refractivity contribution < 1.29 is 26.7 Å². The Morgan fingerprint density at radius 3 is 2.41 bits per heavy atom. The van der Waals surface area contributed by atoms with Crippen LogP contribution in [0, 0.1) is 11.6 Å². The molecule has 0 spiro atoms. The van der Waals surface area contributed by atoms with Crippen LogP contribution in [-0.2, 0) is 26.1 Å². The average Bonchev–Trinajstić information content (AvgIpc) is 2.77.